The number of rotatable bonds is 3. The maximum absolute atomic E-state index is 12.8. The van der Waals surface area contributed by atoms with Crippen LogP contribution in [-0.4, -0.2) is 45.2 Å². The van der Waals surface area contributed by atoms with E-state index in [2.05, 4.69) is 5.32 Å². The number of nitrogens with one attached hydrogen (secondary N) is 1. The minimum Gasteiger partial charge on any atom is -0.465 e. The first-order valence-electron chi connectivity index (χ1n) is 8.39. The number of methoxy groups -OCH3 is 1. The normalized spacial score (nSPS) is 16.9. The number of halogens is 1. The Hall–Kier alpha value is -2.58. The number of hydrogen-bond acceptors (Lipinski definition) is 5. The molecule has 3 rings (SSSR count). The summed E-state index contributed by atoms with van der Waals surface area (Å²) in [6.45, 7) is 1.78. The Morgan fingerprint density at radius 3 is 2.61 bits per heavy atom. The van der Waals surface area contributed by atoms with E-state index >= 15 is 0 Å². The molecule has 0 aromatic heterocycles. The third kappa shape index (κ3) is 3.70. The van der Waals surface area contributed by atoms with Crippen LogP contribution < -0.4 is 5.32 Å². The van der Waals surface area contributed by atoms with Gasteiger partial charge < -0.3 is 15.0 Å². The minimum atomic E-state index is -3.49. The minimum absolute atomic E-state index is 0.186. The predicted octanol–water partition coefficient (Wildman–Crippen LogP) is 3.43. The molecule has 28 heavy (non-hydrogen) atoms. The van der Waals surface area contributed by atoms with E-state index in [0.717, 1.165) is 5.56 Å². The van der Waals surface area contributed by atoms with Gasteiger partial charge in [0.2, 0.25) is 0 Å². The molecule has 7 nitrogen and oxygen atoms in total. The summed E-state index contributed by atoms with van der Waals surface area (Å²) >= 11 is 6.02. The molecule has 148 valence electrons. The fraction of sp³-hybridized carbons (Fsp3) is 0.263. The topological polar surface area (TPSA) is 92.8 Å². The molecule has 1 N–H and O–H groups in total. The number of anilines is 1. The average molecular weight is 423 g/mol. The molecule has 0 unspecified atom stereocenters. The monoisotopic (exact) mass is 422 g/mol. The third-order valence-corrected chi connectivity index (χ3v) is 6.76. The lowest BCUT2D eigenvalue weighted by Gasteiger charge is -2.25. The van der Waals surface area contributed by atoms with E-state index < -0.39 is 27.9 Å². The molecule has 0 aliphatic carbocycles. The van der Waals surface area contributed by atoms with Crippen molar-refractivity contribution >= 4 is 39.1 Å². The lowest BCUT2D eigenvalue weighted by Crippen LogP contribution is -2.35. The molecule has 1 heterocycles. The number of urea groups is 1. The van der Waals surface area contributed by atoms with Crippen molar-refractivity contribution in [1.29, 1.82) is 0 Å². The van der Waals surface area contributed by atoms with Crippen molar-refractivity contribution in [2.75, 3.05) is 25.2 Å². The molecule has 0 saturated carbocycles. The van der Waals surface area contributed by atoms with E-state index in [0.29, 0.717) is 21.8 Å². The van der Waals surface area contributed by atoms with Crippen molar-refractivity contribution in [2.45, 2.75) is 17.9 Å². The molecule has 0 saturated heterocycles. The van der Waals surface area contributed by atoms with Crippen LogP contribution in [0.3, 0.4) is 0 Å². The van der Waals surface area contributed by atoms with E-state index in [1.165, 1.54) is 37.3 Å². The van der Waals surface area contributed by atoms with Crippen LogP contribution >= 0.6 is 11.6 Å². The molecule has 1 aliphatic heterocycles. The van der Waals surface area contributed by atoms with Crippen molar-refractivity contribution in [3.63, 3.8) is 0 Å². The van der Waals surface area contributed by atoms with Crippen molar-refractivity contribution in [3.05, 3.63) is 58.1 Å². The number of hydrogen-bond donors (Lipinski definition) is 1. The summed E-state index contributed by atoms with van der Waals surface area (Å²) < 4.78 is 29.5. The number of amides is 2. The fourth-order valence-electron chi connectivity index (χ4n) is 3.12. The summed E-state index contributed by atoms with van der Waals surface area (Å²) in [7, 11) is -0.700. The second-order valence-corrected chi connectivity index (χ2v) is 8.98. The SMILES string of the molecule is COC(=O)c1ccc(C)c(NC(=O)N(C)[C@H]2CS(=O)(=O)c3ccc(Cl)cc32)c1. The maximum atomic E-state index is 12.8. The van der Waals surface area contributed by atoms with Crippen LogP contribution in [-0.2, 0) is 14.6 Å². The summed E-state index contributed by atoms with van der Waals surface area (Å²) in [6.07, 6.45) is 0. The van der Waals surface area contributed by atoms with Gasteiger partial charge in [0.1, 0.15) is 0 Å². The van der Waals surface area contributed by atoms with Gasteiger partial charge in [0.05, 0.1) is 29.4 Å². The number of fused-ring (bicyclic) bond motifs is 1. The number of aryl methyl sites for hydroxylation is 1. The van der Waals surface area contributed by atoms with Crippen LogP contribution in [0.2, 0.25) is 5.02 Å². The van der Waals surface area contributed by atoms with Gasteiger partial charge in [-0.25, -0.2) is 18.0 Å². The zero-order valence-electron chi connectivity index (χ0n) is 15.5. The summed E-state index contributed by atoms with van der Waals surface area (Å²) in [5, 5.41) is 3.13. The van der Waals surface area contributed by atoms with Crippen LogP contribution in [0.25, 0.3) is 0 Å². The number of benzene rings is 2. The standard InChI is InChI=1S/C19H19ClN2O5S/c1-11-4-5-12(18(23)27-3)8-15(11)21-19(24)22(2)16-10-28(25,26)17-7-6-13(20)9-14(16)17/h4-9,16H,10H2,1-3H3,(H,21,24)/t16-/m0/s1. The van der Waals surface area contributed by atoms with E-state index in [4.69, 9.17) is 16.3 Å². The zero-order chi connectivity index (χ0) is 20.6. The Balaban J connectivity index is 1.87. The first-order chi connectivity index (χ1) is 13.1. The number of carbonyl (C=O) groups excluding carboxylic acids is 2. The molecule has 0 spiro atoms. The van der Waals surface area contributed by atoms with Crippen molar-refractivity contribution < 1.29 is 22.7 Å². The molecule has 0 radical (unpaired) electrons. The van der Waals surface area contributed by atoms with Crippen LogP contribution in [0.1, 0.15) is 27.5 Å². The number of carbonyl (C=O) groups is 2. The summed E-state index contributed by atoms with van der Waals surface area (Å²) in [5.41, 5.74) is 1.97. The Morgan fingerprint density at radius 2 is 1.93 bits per heavy atom. The second-order valence-electron chi connectivity index (χ2n) is 6.54. The first-order valence-corrected chi connectivity index (χ1v) is 10.4. The molecule has 2 aromatic carbocycles. The number of nitrogens with zero attached hydrogens (tertiary/aromatic N) is 1. The van der Waals surface area contributed by atoms with Gasteiger partial charge >= 0.3 is 12.0 Å². The molecule has 9 heteroatoms. The molecule has 0 bridgehead atoms. The third-order valence-electron chi connectivity index (χ3n) is 4.73. The van der Waals surface area contributed by atoms with Crippen LogP contribution in [0.4, 0.5) is 10.5 Å². The Kier molecular flexibility index (Phi) is 5.36. The van der Waals surface area contributed by atoms with E-state index in [9.17, 15) is 18.0 Å². The van der Waals surface area contributed by atoms with Gasteiger partial charge in [-0.15, -0.1) is 0 Å². The highest BCUT2D eigenvalue weighted by Crippen LogP contribution is 2.38. The number of sulfone groups is 1. The Labute approximate surface area is 168 Å². The van der Waals surface area contributed by atoms with Crippen LogP contribution in [0.5, 0.6) is 0 Å². The van der Waals surface area contributed by atoms with Crippen molar-refractivity contribution in [1.82, 2.24) is 4.90 Å². The Morgan fingerprint density at radius 1 is 1.21 bits per heavy atom. The summed E-state index contributed by atoms with van der Waals surface area (Å²) in [5.74, 6) is -0.734. The maximum Gasteiger partial charge on any atom is 0.337 e. The van der Waals surface area contributed by atoms with Gasteiger partial charge in [-0.3, -0.25) is 0 Å². The molecule has 1 atom stereocenters. The molecular formula is C19H19ClN2O5S. The smallest absolute Gasteiger partial charge is 0.337 e. The van der Waals surface area contributed by atoms with Crippen molar-refractivity contribution in [2.24, 2.45) is 0 Å². The number of esters is 1. The number of ether oxygens (including phenoxy) is 1. The largest absolute Gasteiger partial charge is 0.465 e. The van der Waals surface area contributed by atoms with E-state index in [1.54, 1.807) is 25.1 Å². The van der Waals surface area contributed by atoms with Crippen molar-refractivity contribution in [3.8, 4) is 0 Å². The van der Waals surface area contributed by atoms with E-state index in [1.807, 2.05) is 0 Å². The summed E-state index contributed by atoms with van der Waals surface area (Å²) in [4.78, 5) is 26.0. The lowest BCUT2D eigenvalue weighted by molar-refractivity contribution is 0.0600. The quantitative estimate of drug-likeness (QED) is 0.765. The predicted molar refractivity (Wildman–Crippen MR) is 106 cm³/mol. The van der Waals surface area contributed by atoms with Gasteiger partial charge in [-0.2, -0.15) is 0 Å². The van der Waals surface area contributed by atoms with Crippen LogP contribution in [0, 0.1) is 6.92 Å². The highest BCUT2D eigenvalue weighted by atomic mass is 35.5. The van der Waals surface area contributed by atoms with Crippen LogP contribution in [0.15, 0.2) is 41.3 Å². The Bertz CT molecular complexity index is 1070. The van der Waals surface area contributed by atoms with Gasteiger partial charge in [0.25, 0.3) is 0 Å². The van der Waals surface area contributed by atoms with E-state index in [-0.39, 0.29) is 10.6 Å². The highest BCUT2D eigenvalue weighted by molar-refractivity contribution is 7.91. The van der Waals surface area contributed by atoms with Gasteiger partial charge in [0.15, 0.2) is 9.84 Å². The zero-order valence-corrected chi connectivity index (χ0v) is 17.1. The highest BCUT2D eigenvalue weighted by Gasteiger charge is 2.38. The fourth-order valence-corrected chi connectivity index (χ4v) is 5.13. The second kappa shape index (κ2) is 7.44. The first kappa shape index (κ1) is 20.2. The van der Waals surface area contributed by atoms with Gasteiger partial charge in [-0.1, -0.05) is 17.7 Å². The average Bonchev–Trinajstić information content (AvgIpc) is 2.92. The molecule has 0 fully saturated rings. The molecule has 2 amide bonds. The summed E-state index contributed by atoms with van der Waals surface area (Å²) in [6, 6.07) is 8.19. The van der Waals surface area contributed by atoms with Gasteiger partial charge in [-0.05, 0) is 48.4 Å². The molecule has 2 aromatic rings. The lowest BCUT2D eigenvalue weighted by atomic mass is 10.1. The molecule has 1 aliphatic rings. The molecular weight excluding hydrogens is 404 g/mol. The van der Waals surface area contributed by atoms with Gasteiger partial charge in [0, 0.05) is 17.8 Å².